The van der Waals surface area contributed by atoms with Crippen LogP contribution in [0.15, 0.2) is 29.2 Å². The Labute approximate surface area is 108 Å². The molecule has 0 bridgehead atoms. The van der Waals surface area contributed by atoms with Crippen LogP contribution < -0.4 is 5.32 Å². The van der Waals surface area contributed by atoms with Gasteiger partial charge in [-0.15, -0.1) is 0 Å². The summed E-state index contributed by atoms with van der Waals surface area (Å²) in [6.45, 7) is 1.84. The van der Waals surface area contributed by atoms with Crippen molar-refractivity contribution in [3.05, 3.63) is 34.4 Å². The second-order valence-corrected chi connectivity index (χ2v) is 4.69. The van der Waals surface area contributed by atoms with Gasteiger partial charge in [0.1, 0.15) is 0 Å². The number of nitrogens with zero attached hydrogens (tertiary/aromatic N) is 1. The van der Waals surface area contributed by atoms with Crippen molar-refractivity contribution in [3.63, 3.8) is 0 Å². The molecule has 1 N–H and O–H groups in total. The van der Waals surface area contributed by atoms with Crippen molar-refractivity contribution >= 4 is 21.9 Å². The lowest BCUT2D eigenvalue weighted by molar-refractivity contribution is -0.384. The van der Waals surface area contributed by atoms with Crippen molar-refractivity contribution in [2.75, 3.05) is 6.54 Å². The molecule has 0 aliphatic rings. The molecule has 0 aromatic heterocycles. The van der Waals surface area contributed by atoms with Crippen molar-refractivity contribution < 1.29 is 27.4 Å². The topological polar surface area (TPSA) is 125 Å². The van der Waals surface area contributed by atoms with Crippen LogP contribution in [0.4, 0.5) is 10.5 Å². The van der Waals surface area contributed by atoms with E-state index in [0.717, 1.165) is 24.3 Å². The van der Waals surface area contributed by atoms with E-state index in [1.54, 1.807) is 6.92 Å². The van der Waals surface area contributed by atoms with E-state index < -0.39 is 21.1 Å². The summed E-state index contributed by atoms with van der Waals surface area (Å²) in [4.78, 5) is 24.2. The molecule has 0 atom stereocenters. The van der Waals surface area contributed by atoms with Crippen LogP contribution in [0, 0.1) is 10.1 Å². The van der Waals surface area contributed by atoms with E-state index in [-0.39, 0.29) is 17.1 Å². The Morgan fingerprint density at radius 2 is 1.95 bits per heavy atom. The number of carbonyl (C=O) groups excluding carboxylic acids is 1. The molecule has 0 aliphatic heterocycles. The van der Waals surface area contributed by atoms with E-state index in [1.165, 1.54) is 0 Å². The molecule has 9 nitrogen and oxygen atoms in total. The lowest BCUT2D eigenvalue weighted by Gasteiger charge is -2.04. The molecule has 1 rings (SSSR count). The van der Waals surface area contributed by atoms with E-state index in [9.17, 15) is 23.3 Å². The highest BCUT2D eigenvalue weighted by atomic mass is 32.2. The maximum absolute atomic E-state index is 11.5. The number of benzene rings is 1. The number of hydrogen-bond donors (Lipinski definition) is 1. The first-order valence-corrected chi connectivity index (χ1v) is 6.41. The summed E-state index contributed by atoms with van der Waals surface area (Å²) in [6, 6.07) is 3.91. The molecule has 104 valence electrons. The quantitative estimate of drug-likeness (QED) is 0.486. The summed E-state index contributed by atoms with van der Waals surface area (Å²) in [5, 5.41) is 12.5. The SMILES string of the molecule is CCNC(=O)OOS(=O)(=O)c1ccc([N+](=O)[O-])cc1. The molecule has 0 unspecified atom stereocenters. The van der Waals surface area contributed by atoms with Gasteiger partial charge in [0.15, 0.2) is 0 Å². The average Bonchev–Trinajstić information content (AvgIpc) is 2.37. The van der Waals surface area contributed by atoms with Crippen molar-refractivity contribution in [2.45, 2.75) is 11.8 Å². The highest BCUT2D eigenvalue weighted by Gasteiger charge is 2.20. The van der Waals surface area contributed by atoms with Gasteiger partial charge in [0.2, 0.25) is 0 Å². The number of nitro groups is 1. The summed E-state index contributed by atoms with van der Waals surface area (Å²) >= 11 is 0. The van der Waals surface area contributed by atoms with E-state index in [4.69, 9.17) is 0 Å². The molecule has 19 heavy (non-hydrogen) atoms. The van der Waals surface area contributed by atoms with Crippen LogP contribution in [0.25, 0.3) is 0 Å². The lowest BCUT2D eigenvalue weighted by Crippen LogP contribution is -2.25. The van der Waals surface area contributed by atoms with Gasteiger partial charge in [-0.25, -0.2) is 4.79 Å². The van der Waals surface area contributed by atoms with Gasteiger partial charge in [-0.2, -0.15) is 8.42 Å². The summed E-state index contributed by atoms with van der Waals surface area (Å²) in [7, 11) is -4.32. The Morgan fingerprint density at radius 3 is 2.42 bits per heavy atom. The van der Waals surface area contributed by atoms with Gasteiger partial charge in [-0.05, 0) is 23.4 Å². The Kier molecular flexibility index (Phi) is 4.78. The molecular weight excluding hydrogens is 280 g/mol. The smallest absolute Gasteiger partial charge is 0.319 e. The Hall–Kier alpha value is -2.20. The summed E-state index contributed by atoms with van der Waals surface area (Å²) in [5.41, 5.74) is -0.274. The summed E-state index contributed by atoms with van der Waals surface area (Å²) in [6.07, 6.45) is -1.06. The minimum absolute atomic E-state index is 0.236. The summed E-state index contributed by atoms with van der Waals surface area (Å²) < 4.78 is 27.1. The molecule has 0 spiro atoms. The molecular formula is C9H10N2O7S. The van der Waals surface area contributed by atoms with Crippen LogP contribution in [-0.4, -0.2) is 26.0 Å². The van der Waals surface area contributed by atoms with E-state index in [1.807, 2.05) is 0 Å². The van der Waals surface area contributed by atoms with Gasteiger partial charge in [-0.1, -0.05) is 0 Å². The van der Waals surface area contributed by atoms with Gasteiger partial charge in [0.25, 0.3) is 5.69 Å². The second-order valence-electron chi connectivity index (χ2n) is 3.17. The third-order valence-electron chi connectivity index (χ3n) is 1.86. The largest absolute Gasteiger partial charge is 0.440 e. The molecule has 0 heterocycles. The van der Waals surface area contributed by atoms with Crippen LogP contribution in [0.5, 0.6) is 0 Å². The Morgan fingerprint density at radius 1 is 1.37 bits per heavy atom. The van der Waals surface area contributed by atoms with E-state index in [2.05, 4.69) is 14.5 Å². The Balaban J connectivity index is 2.77. The number of hydrogen-bond acceptors (Lipinski definition) is 7. The van der Waals surface area contributed by atoms with Gasteiger partial charge in [-0.3, -0.25) is 15.0 Å². The normalized spacial score (nSPS) is 10.8. The first-order valence-electron chi connectivity index (χ1n) is 5.00. The Bertz CT molecular complexity index is 567. The zero-order chi connectivity index (χ0) is 14.5. The highest BCUT2D eigenvalue weighted by molar-refractivity contribution is 7.86. The van der Waals surface area contributed by atoms with Crippen LogP contribution >= 0.6 is 0 Å². The number of nitrogens with one attached hydrogen (secondary N) is 1. The van der Waals surface area contributed by atoms with Gasteiger partial charge in [0, 0.05) is 18.7 Å². The molecule has 1 aromatic rings. The number of carbonyl (C=O) groups is 1. The van der Waals surface area contributed by atoms with Crippen molar-refractivity contribution in [1.82, 2.24) is 5.32 Å². The second kappa shape index (κ2) is 6.11. The monoisotopic (exact) mass is 290 g/mol. The molecule has 0 saturated carbocycles. The predicted octanol–water partition coefficient (Wildman–Crippen LogP) is 0.961. The zero-order valence-corrected chi connectivity index (χ0v) is 10.5. The maximum atomic E-state index is 11.5. The van der Waals surface area contributed by atoms with Crippen molar-refractivity contribution in [3.8, 4) is 0 Å². The lowest BCUT2D eigenvalue weighted by atomic mass is 10.3. The fourth-order valence-electron chi connectivity index (χ4n) is 1.02. The summed E-state index contributed by atoms with van der Waals surface area (Å²) in [5.74, 6) is 0. The van der Waals surface area contributed by atoms with E-state index >= 15 is 0 Å². The van der Waals surface area contributed by atoms with Gasteiger partial charge < -0.3 is 5.32 Å². The molecule has 0 aliphatic carbocycles. The molecule has 0 radical (unpaired) electrons. The standard InChI is InChI=1S/C9H10N2O7S/c1-2-10-9(12)17-18-19(15,16)8-5-3-7(4-6-8)11(13)14/h3-6H,2H2,1H3,(H,10,12). The fraction of sp³-hybridized carbons (Fsp3) is 0.222. The number of amides is 1. The molecule has 0 fully saturated rings. The van der Waals surface area contributed by atoms with Gasteiger partial charge >= 0.3 is 16.2 Å². The predicted molar refractivity (Wildman–Crippen MR) is 61.5 cm³/mol. The third-order valence-corrected chi connectivity index (χ3v) is 2.95. The first-order chi connectivity index (χ1) is 8.86. The number of rotatable bonds is 5. The van der Waals surface area contributed by atoms with Crippen LogP contribution in [0.3, 0.4) is 0 Å². The van der Waals surface area contributed by atoms with Crippen molar-refractivity contribution in [2.24, 2.45) is 0 Å². The third kappa shape index (κ3) is 4.19. The zero-order valence-electron chi connectivity index (χ0n) is 9.73. The first kappa shape index (κ1) is 14.9. The van der Waals surface area contributed by atoms with Crippen LogP contribution in [-0.2, 0) is 19.3 Å². The molecule has 0 saturated heterocycles. The van der Waals surface area contributed by atoms with Gasteiger partial charge in [0.05, 0.1) is 9.82 Å². The van der Waals surface area contributed by atoms with Crippen molar-refractivity contribution in [1.29, 1.82) is 0 Å². The number of non-ortho nitro benzene ring substituents is 1. The van der Waals surface area contributed by atoms with Crippen LogP contribution in [0.2, 0.25) is 0 Å². The fourth-order valence-corrected chi connectivity index (χ4v) is 1.72. The maximum Gasteiger partial charge on any atom is 0.440 e. The van der Waals surface area contributed by atoms with E-state index in [0.29, 0.717) is 0 Å². The minimum Gasteiger partial charge on any atom is -0.319 e. The minimum atomic E-state index is -4.32. The molecule has 1 aromatic carbocycles. The molecule has 1 amide bonds. The molecule has 10 heteroatoms. The van der Waals surface area contributed by atoms with Crippen LogP contribution in [0.1, 0.15) is 6.92 Å². The number of nitro benzene ring substituents is 1. The highest BCUT2D eigenvalue weighted by Crippen LogP contribution is 2.17. The average molecular weight is 290 g/mol.